The highest BCUT2D eigenvalue weighted by molar-refractivity contribution is 4.92. The van der Waals surface area contributed by atoms with Crippen molar-refractivity contribution in [2.24, 2.45) is 0 Å². The molecular formula is C14H23NO2. The van der Waals surface area contributed by atoms with E-state index in [1.807, 2.05) is 0 Å². The summed E-state index contributed by atoms with van der Waals surface area (Å²) in [6.45, 7) is 3.70. The van der Waals surface area contributed by atoms with Crippen molar-refractivity contribution in [2.45, 2.75) is 63.3 Å². The lowest BCUT2D eigenvalue weighted by atomic mass is 9.89. The average Bonchev–Trinajstić information content (AvgIpc) is 2.80. The van der Waals surface area contributed by atoms with E-state index in [-0.39, 0.29) is 5.79 Å². The molecule has 0 aromatic heterocycles. The number of rotatable bonds is 4. The lowest BCUT2D eigenvalue weighted by Crippen LogP contribution is -2.45. The Kier molecular flexibility index (Phi) is 4.44. The molecule has 2 aliphatic rings. The van der Waals surface area contributed by atoms with Gasteiger partial charge >= 0.3 is 0 Å². The van der Waals surface area contributed by atoms with Crippen LogP contribution in [0.1, 0.15) is 45.4 Å². The Balaban J connectivity index is 1.77. The van der Waals surface area contributed by atoms with Gasteiger partial charge in [-0.3, -0.25) is 0 Å². The SMILES string of the molecule is C#CCC(CC)NC1CCC2(CC1)OCCO2. The molecule has 1 N–H and O–H groups in total. The predicted molar refractivity (Wildman–Crippen MR) is 67.6 cm³/mol. The molecular weight excluding hydrogens is 214 g/mol. The van der Waals surface area contributed by atoms with Gasteiger partial charge in [0.05, 0.1) is 13.2 Å². The van der Waals surface area contributed by atoms with Crippen molar-refractivity contribution in [3.63, 3.8) is 0 Å². The summed E-state index contributed by atoms with van der Waals surface area (Å²) in [5.74, 6) is 2.50. The van der Waals surface area contributed by atoms with Gasteiger partial charge in [0.1, 0.15) is 0 Å². The Bertz CT molecular complexity index is 268. The van der Waals surface area contributed by atoms with E-state index in [4.69, 9.17) is 15.9 Å². The lowest BCUT2D eigenvalue weighted by Gasteiger charge is -2.37. The van der Waals surface area contributed by atoms with Gasteiger partial charge in [0.25, 0.3) is 0 Å². The van der Waals surface area contributed by atoms with Crippen LogP contribution in [0.25, 0.3) is 0 Å². The number of hydrogen-bond donors (Lipinski definition) is 1. The van der Waals surface area contributed by atoms with Crippen LogP contribution >= 0.6 is 0 Å². The van der Waals surface area contributed by atoms with Gasteiger partial charge in [0.15, 0.2) is 5.79 Å². The summed E-state index contributed by atoms with van der Waals surface area (Å²) in [7, 11) is 0. The van der Waals surface area contributed by atoms with E-state index in [0.717, 1.165) is 51.7 Å². The first-order chi connectivity index (χ1) is 8.28. The molecule has 1 spiro atoms. The molecule has 0 amide bonds. The Morgan fingerprint density at radius 1 is 1.35 bits per heavy atom. The molecule has 1 unspecified atom stereocenters. The lowest BCUT2D eigenvalue weighted by molar-refractivity contribution is -0.179. The Morgan fingerprint density at radius 2 is 2.00 bits per heavy atom. The standard InChI is InChI=1S/C14H23NO2/c1-3-5-12(4-2)15-13-6-8-14(9-7-13)16-10-11-17-14/h1,12-13,15H,4-11H2,2H3. The van der Waals surface area contributed by atoms with E-state index in [9.17, 15) is 0 Å². The highest BCUT2D eigenvalue weighted by Crippen LogP contribution is 2.35. The third-order valence-corrected chi connectivity index (χ3v) is 3.89. The number of nitrogens with one attached hydrogen (secondary N) is 1. The Labute approximate surface area is 104 Å². The van der Waals surface area contributed by atoms with Gasteiger partial charge in [-0.15, -0.1) is 12.3 Å². The topological polar surface area (TPSA) is 30.5 Å². The summed E-state index contributed by atoms with van der Waals surface area (Å²) in [4.78, 5) is 0. The average molecular weight is 237 g/mol. The number of ether oxygens (including phenoxy) is 2. The maximum Gasteiger partial charge on any atom is 0.168 e. The first-order valence-electron chi connectivity index (χ1n) is 6.75. The van der Waals surface area contributed by atoms with Crippen molar-refractivity contribution < 1.29 is 9.47 Å². The molecule has 1 saturated carbocycles. The molecule has 3 nitrogen and oxygen atoms in total. The molecule has 1 saturated heterocycles. The molecule has 0 radical (unpaired) electrons. The first-order valence-corrected chi connectivity index (χ1v) is 6.75. The minimum Gasteiger partial charge on any atom is -0.348 e. The van der Waals surface area contributed by atoms with E-state index in [2.05, 4.69) is 18.2 Å². The second kappa shape index (κ2) is 5.86. The molecule has 1 atom stereocenters. The van der Waals surface area contributed by atoms with Gasteiger partial charge in [-0.25, -0.2) is 0 Å². The Morgan fingerprint density at radius 3 is 2.53 bits per heavy atom. The molecule has 1 aliphatic carbocycles. The molecule has 0 aromatic rings. The van der Waals surface area contributed by atoms with Gasteiger partial charge in [0, 0.05) is 31.3 Å². The van der Waals surface area contributed by atoms with Crippen LogP contribution < -0.4 is 5.32 Å². The van der Waals surface area contributed by atoms with Crippen LogP contribution in [0, 0.1) is 12.3 Å². The summed E-state index contributed by atoms with van der Waals surface area (Å²) < 4.78 is 11.5. The highest BCUT2D eigenvalue weighted by atomic mass is 16.7. The second-order valence-electron chi connectivity index (χ2n) is 5.06. The minimum absolute atomic E-state index is 0.244. The van der Waals surface area contributed by atoms with Crippen molar-refractivity contribution in [3.05, 3.63) is 0 Å². The normalized spacial score (nSPS) is 25.9. The van der Waals surface area contributed by atoms with Crippen LogP contribution in [0.15, 0.2) is 0 Å². The zero-order valence-electron chi connectivity index (χ0n) is 10.7. The van der Waals surface area contributed by atoms with Gasteiger partial charge in [0.2, 0.25) is 0 Å². The van der Waals surface area contributed by atoms with E-state index in [1.165, 1.54) is 0 Å². The van der Waals surface area contributed by atoms with Crippen molar-refractivity contribution >= 4 is 0 Å². The third kappa shape index (κ3) is 3.22. The molecule has 96 valence electrons. The van der Waals surface area contributed by atoms with Crippen molar-refractivity contribution in [2.75, 3.05) is 13.2 Å². The molecule has 1 heterocycles. The minimum atomic E-state index is -0.244. The summed E-state index contributed by atoms with van der Waals surface area (Å²) >= 11 is 0. The zero-order valence-corrected chi connectivity index (χ0v) is 10.7. The molecule has 0 bridgehead atoms. The van der Waals surface area contributed by atoms with E-state index in [0.29, 0.717) is 12.1 Å². The third-order valence-electron chi connectivity index (χ3n) is 3.89. The van der Waals surface area contributed by atoms with Gasteiger partial charge in [-0.05, 0) is 19.3 Å². The van der Waals surface area contributed by atoms with Crippen LogP contribution in [-0.4, -0.2) is 31.1 Å². The largest absolute Gasteiger partial charge is 0.348 e. The fourth-order valence-corrected chi connectivity index (χ4v) is 2.81. The molecule has 3 heteroatoms. The maximum absolute atomic E-state index is 5.73. The Hall–Kier alpha value is -0.560. The molecule has 2 fully saturated rings. The second-order valence-corrected chi connectivity index (χ2v) is 5.06. The quantitative estimate of drug-likeness (QED) is 0.759. The molecule has 1 aliphatic heterocycles. The first kappa shape index (κ1) is 12.9. The van der Waals surface area contributed by atoms with Crippen LogP contribution in [0.4, 0.5) is 0 Å². The number of hydrogen-bond acceptors (Lipinski definition) is 3. The highest BCUT2D eigenvalue weighted by Gasteiger charge is 2.40. The number of terminal acetylenes is 1. The van der Waals surface area contributed by atoms with Crippen LogP contribution in [0.5, 0.6) is 0 Å². The maximum atomic E-state index is 5.73. The fraction of sp³-hybridized carbons (Fsp3) is 0.857. The van der Waals surface area contributed by atoms with Crippen molar-refractivity contribution in [3.8, 4) is 12.3 Å². The van der Waals surface area contributed by atoms with Crippen molar-refractivity contribution in [1.29, 1.82) is 0 Å². The van der Waals surface area contributed by atoms with E-state index < -0.39 is 0 Å². The summed E-state index contributed by atoms with van der Waals surface area (Å²) in [6.07, 6.45) is 11.6. The summed E-state index contributed by atoms with van der Waals surface area (Å²) in [5.41, 5.74) is 0. The van der Waals surface area contributed by atoms with E-state index in [1.54, 1.807) is 0 Å². The van der Waals surface area contributed by atoms with Gasteiger partial charge in [-0.1, -0.05) is 6.92 Å². The van der Waals surface area contributed by atoms with Crippen LogP contribution in [0.3, 0.4) is 0 Å². The molecule has 0 aromatic carbocycles. The zero-order chi connectivity index (χ0) is 12.1. The monoisotopic (exact) mass is 237 g/mol. The van der Waals surface area contributed by atoms with E-state index >= 15 is 0 Å². The van der Waals surface area contributed by atoms with Crippen LogP contribution in [0.2, 0.25) is 0 Å². The predicted octanol–water partition coefficient (Wildman–Crippen LogP) is 2.06. The molecule has 2 rings (SSSR count). The fourth-order valence-electron chi connectivity index (χ4n) is 2.81. The molecule has 17 heavy (non-hydrogen) atoms. The summed E-state index contributed by atoms with van der Waals surface area (Å²) in [6, 6.07) is 1.04. The van der Waals surface area contributed by atoms with Crippen molar-refractivity contribution in [1.82, 2.24) is 5.32 Å². The smallest absolute Gasteiger partial charge is 0.168 e. The van der Waals surface area contributed by atoms with Gasteiger partial charge < -0.3 is 14.8 Å². The van der Waals surface area contributed by atoms with Gasteiger partial charge in [-0.2, -0.15) is 0 Å². The summed E-state index contributed by atoms with van der Waals surface area (Å²) in [5, 5.41) is 3.66. The van der Waals surface area contributed by atoms with Crippen LogP contribution in [-0.2, 0) is 9.47 Å².